The summed E-state index contributed by atoms with van der Waals surface area (Å²) in [6, 6.07) is 6.76. The van der Waals surface area contributed by atoms with Crippen LogP contribution in [0.2, 0.25) is 0 Å². The summed E-state index contributed by atoms with van der Waals surface area (Å²) in [6.45, 7) is 6.33. The first-order chi connectivity index (χ1) is 10.2. The number of halogens is 2. The second-order valence-corrected chi connectivity index (χ2v) is 7.08. The molecule has 0 saturated heterocycles. The van der Waals surface area contributed by atoms with Crippen molar-refractivity contribution in [1.29, 1.82) is 0 Å². The Morgan fingerprint density at radius 2 is 2.19 bits per heavy atom. The summed E-state index contributed by atoms with van der Waals surface area (Å²) in [5.41, 5.74) is 1.34. The maximum atomic E-state index is 4.52. The zero-order valence-electron chi connectivity index (χ0n) is 12.4. The minimum Gasteiger partial charge on any atom is -0.335 e. The van der Waals surface area contributed by atoms with Crippen LogP contribution in [0.4, 0.5) is 0 Å². The van der Waals surface area contributed by atoms with Crippen LogP contribution in [0, 0.1) is 3.57 Å². The molecule has 0 saturated carbocycles. The minimum atomic E-state index is 0.294. The predicted molar refractivity (Wildman–Crippen MR) is 99.5 cm³/mol. The first-order valence-electron chi connectivity index (χ1n) is 7.34. The molecule has 0 aliphatic carbocycles. The van der Waals surface area contributed by atoms with Gasteiger partial charge in [-0.1, -0.05) is 22.9 Å². The highest BCUT2D eigenvalue weighted by molar-refractivity contribution is 14.1. The number of hydrogen-bond donors (Lipinski definition) is 1. The fourth-order valence-corrected chi connectivity index (χ4v) is 3.48. The third kappa shape index (κ3) is 4.53. The van der Waals surface area contributed by atoms with Crippen molar-refractivity contribution in [2.75, 3.05) is 6.54 Å². The van der Waals surface area contributed by atoms with Gasteiger partial charge in [-0.15, -0.1) is 0 Å². The van der Waals surface area contributed by atoms with E-state index in [2.05, 4.69) is 91.6 Å². The summed E-state index contributed by atoms with van der Waals surface area (Å²) in [6.07, 6.45) is 5.98. The minimum absolute atomic E-state index is 0.294. The average molecular weight is 462 g/mol. The van der Waals surface area contributed by atoms with Gasteiger partial charge in [0.05, 0.1) is 0 Å². The van der Waals surface area contributed by atoms with Crippen LogP contribution in [-0.2, 0) is 13.0 Å². The summed E-state index contributed by atoms with van der Waals surface area (Å²) in [5.74, 6) is 1.14. The van der Waals surface area contributed by atoms with Crippen LogP contribution in [-0.4, -0.2) is 16.1 Å². The van der Waals surface area contributed by atoms with Crippen molar-refractivity contribution in [3.05, 3.63) is 50.0 Å². The number of aromatic nitrogens is 2. The lowest BCUT2D eigenvalue weighted by Gasteiger charge is -2.21. The molecule has 1 N–H and O–H groups in total. The molecule has 1 aromatic carbocycles. The van der Waals surface area contributed by atoms with Crippen LogP contribution in [0.5, 0.6) is 0 Å². The van der Waals surface area contributed by atoms with Gasteiger partial charge in [-0.2, -0.15) is 0 Å². The Labute approximate surface area is 148 Å². The van der Waals surface area contributed by atoms with Crippen molar-refractivity contribution < 1.29 is 0 Å². The normalized spacial score (nSPS) is 12.6. The Balaban J connectivity index is 2.27. The number of aryl methyl sites for hydroxylation is 1. The number of nitrogens with zero attached hydrogens (tertiary/aromatic N) is 2. The highest BCUT2D eigenvalue weighted by atomic mass is 127. The number of nitrogens with one attached hydrogen (secondary N) is 1. The van der Waals surface area contributed by atoms with Crippen molar-refractivity contribution in [1.82, 2.24) is 14.9 Å². The van der Waals surface area contributed by atoms with Crippen LogP contribution in [0.15, 0.2) is 35.1 Å². The van der Waals surface area contributed by atoms with E-state index < -0.39 is 0 Å². The first kappa shape index (κ1) is 17.0. The highest BCUT2D eigenvalue weighted by Crippen LogP contribution is 2.26. The zero-order chi connectivity index (χ0) is 15.2. The third-order valence-electron chi connectivity index (χ3n) is 3.50. The highest BCUT2D eigenvalue weighted by Gasteiger charge is 2.17. The van der Waals surface area contributed by atoms with Gasteiger partial charge in [0.1, 0.15) is 5.82 Å². The van der Waals surface area contributed by atoms with E-state index >= 15 is 0 Å². The maximum absolute atomic E-state index is 4.52. The van der Waals surface area contributed by atoms with E-state index in [1.54, 1.807) is 0 Å². The predicted octanol–water partition coefficient (Wildman–Crippen LogP) is 4.55. The molecule has 21 heavy (non-hydrogen) atoms. The lowest BCUT2D eigenvalue weighted by molar-refractivity contribution is 0.505. The lowest BCUT2D eigenvalue weighted by Crippen LogP contribution is -2.26. The SMILES string of the molecule is CCCNC(Cc1nccn1CC)c1cc(Br)ccc1I. The molecule has 0 bridgehead atoms. The van der Waals surface area contributed by atoms with Gasteiger partial charge < -0.3 is 9.88 Å². The van der Waals surface area contributed by atoms with E-state index in [0.29, 0.717) is 6.04 Å². The van der Waals surface area contributed by atoms with E-state index in [1.807, 2.05) is 6.20 Å². The average Bonchev–Trinajstić information content (AvgIpc) is 2.93. The zero-order valence-corrected chi connectivity index (χ0v) is 16.2. The van der Waals surface area contributed by atoms with Gasteiger partial charge in [-0.3, -0.25) is 0 Å². The Bertz CT molecular complexity index is 583. The Morgan fingerprint density at radius 3 is 2.90 bits per heavy atom. The smallest absolute Gasteiger partial charge is 0.110 e. The molecular formula is C16H21BrIN3. The van der Waals surface area contributed by atoms with E-state index in [9.17, 15) is 0 Å². The van der Waals surface area contributed by atoms with Crippen LogP contribution in [0.25, 0.3) is 0 Å². The van der Waals surface area contributed by atoms with Gasteiger partial charge in [0.25, 0.3) is 0 Å². The molecule has 2 rings (SSSR count). The van der Waals surface area contributed by atoms with Crippen molar-refractivity contribution in [2.45, 2.75) is 39.3 Å². The quantitative estimate of drug-likeness (QED) is 0.613. The molecular weight excluding hydrogens is 441 g/mol. The molecule has 1 aromatic heterocycles. The third-order valence-corrected chi connectivity index (χ3v) is 4.98. The fourth-order valence-electron chi connectivity index (χ4n) is 2.39. The Kier molecular flexibility index (Phi) is 6.70. The summed E-state index contributed by atoms with van der Waals surface area (Å²) in [7, 11) is 0. The second kappa shape index (κ2) is 8.29. The number of imidazole rings is 1. The van der Waals surface area contributed by atoms with Crippen LogP contribution in [0.1, 0.15) is 37.7 Å². The molecule has 0 aliphatic rings. The molecule has 0 amide bonds. The maximum Gasteiger partial charge on any atom is 0.110 e. The molecule has 0 radical (unpaired) electrons. The molecule has 1 unspecified atom stereocenters. The van der Waals surface area contributed by atoms with Gasteiger partial charge in [0.2, 0.25) is 0 Å². The lowest BCUT2D eigenvalue weighted by atomic mass is 10.0. The van der Waals surface area contributed by atoms with Crippen molar-refractivity contribution in [3.8, 4) is 0 Å². The number of rotatable bonds is 7. The van der Waals surface area contributed by atoms with E-state index in [-0.39, 0.29) is 0 Å². The second-order valence-electron chi connectivity index (χ2n) is 5.01. The monoisotopic (exact) mass is 461 g/mol. The molecule has 0 aliphatic heterocycles. The van der Waals surface area contributed by atoms with E-state index in [1.165, 1.54) is 9.13 Å². The summed E-state index contributed by atoms with van der Waals surface area (Å²) in [4.78, 5) is 4.52. The van der Waals surface area contributed by atoms with Crippen molar-refractivity contribution >= 4 is 38.5 Å². The van der Waals surface area contributed by atoms with Crippen molar-refractivity contribution in [3.63, 3.8) is 0 Å². The van der Waals surface area contributed by atoms with Gasteiger partial charge in [0, 0.05) is 39.4 Å². The molecule has 0 spiro atoms. The Morgan fingerprint density at radius 1 is 1.38 bits per heavy atom. The largest absolute Gasteiger partial charge is 0.335 e. The molecule has 3 nitrogen and oxygen atoms in total. The summed E-state index contributed by atoms with van der Waals surface area (Å²) < 4.78 is 4.63. The molecule has 1 atom stereocenters. The molecule has 5 heteroatoms. The molecule has 1 heterocycles. The topological polar surface area (TPSA) is 29.9 Å². The molecule has 2 aromatic rings. The van der Waals surface area contributed by atoms with Gasteiger partial charge in [0.15, 0.2) is 0 Å². The fraction of sp³-hybridized carbons (Fsp3) is 0.438. The summed E-state index contributed by atoms with van der Waals surface area (Å²) >= 11 is 6.00. The van der Waals surface area contributed by atoms with Gasteiger partial charge >= 0.3 is 0 Å². The number of hydrogen-bond acceptors (Lipinski definition) is 2. The van der Waals surface area contributed by atoms with E-state index in [0.717, 1.165) is 36.2 Å². The van der Waals surface area contributed by atoms with Crippen LogP contribution < -0.4 is 5.32 Å². The Hall–Kier alpha value is -0.400. The van der Waals surface area contributed by atoms with E-state index in [4.69, 9.17) is 0 Å². The van der Waals surface area contributed by atoms with Crippen LogP contribution >= 0.6 is 38.5 Å². The van der Waals surface area contributed by atoms with Crippen molar-refractivity contribution in [2.24, 2.45) is 0 Å². The molecule has 114 valence electrons. The van der Waals surface area contributed by atoms with Crippen LogP contribution in [0.3, 0.4) is 0 Å². The van der Waals surface area contributed by atoms with Gasteiger partial charge in [-0.05, 0) is 66.2 Å². The van der Waals surface area contributed by atoms with Gasteiger partial charge in [-0.25, -0.2) is 4.98 Å². The first-order valence-corrected chi connectivity index (χ1v) is 9.21. The summed E-state index contributed by atoms with van der Waals surface area (Å²) in [5, 5.41) is 3.66. The number of benzene rings is 1. The molecule has 0 fully saturated rings. The standard InChI is InChI=1S/C16H21BrIN3/c1-3-7-19-15(11-16-20-8-9-21(16)4-2)13-10-12(17)5-6-14(13)18/h5-6,8-10,15,19H,3-4,7,11H2,1-2H3.